The van der Waals surface area contributed by atoms with Gasteiger partial charge in [0.2, 0.25) is 5.88 Å². The van der Waals surface area contributed by atoms with Crippen LogP contribution in [0, 0.1) is 6.92 Å². The summed E-state index contributed by atoms with van der Waals surface area (Å²) in [5.74, 6) is 1.85. The third kappa shape index (κ3) is 3.17. The summed E-state index contributed by atoms with van der Waals surface area (Å²) in [4.78, 5) is 11.2. The molecule has 0 spiro atoms. The number of hydrogen-bond donors (Lipinski definition) is 0. The Morgan fingerprint density at radius 1 is 1.12 bits per heavy atom. The fourth-order valence-corrected chi connectivity index (χ4v) is 3.30. The molecule has 0 unspecified atom stereocenters. The van der Waals surface area contributed by atoms with Crippen molar-refractivity contribution in [2.45, 2.75) is 32.2 Å². The standard InChI is InChI=1S/C17H21N7O/c1-12-14(19-8-7-18-12)11-23-9-5-13(6-10-23)17-21-20-15-3-4-16(25-2)22-24(15)17/h3-4,7-8,13H,5-6,9-11H2,1-2H3. The van der Waals surface area contributed by atoms with Crippen LogP contribution in [0.1, 0.15) is 36.0 Å². The third-order valence-corrected chi connectivity index (χ3v) is 4.78. The van der Waals surface area contributed by atoms with Gasteiger partial charge in [-0.3, -0.25) is 14.9 Å². The average Bonchev–Trinajstić information content (AvgIpc) is 3.07. The lowest BCUT2D eigenvalue weighted by Gasteiger charge is -2.30. The number of ether oxygens (including phenoxy) is 1. The van der Waals surface area contributed by atoms with Crippen molar-refractivity contribution in [1.82, 2.24) is 34.7 Å². The molecule has 3 aromatic heterocycles. The van der Waals surface area contributed by atoms with Gasteiger partial charge >= 0.3 is 0 Å². The van der Waals surface area contributed by atoms with E-state index in [0.717, 1.165) is 55.3 Å². The lowest BCUT2D eigenvalue weighted by atomic mass is 9.96. The second-order valence-electron chi connectivity index (χ2n) is 6.34. The van der Waals surface area contributed by atoms with Gasteiger partial charge in [-0.15, -0.1) is 15.3 Å². The van der Waals surface area contributed by atoms with Crippen molar-refractivity contribution < 1.29 is 4.74 Å². The van der Waals surface area contributed by atoms with Gasteiger partial charge < -0.3 is 4.74 Å². The van der Waals surface area contributed by atoms with Crippen molar-refractivity contribution in [3.63, 3.8) is 0 Å². The number of rotatable bonds is 4. The average molecular weight is 339 g/mol. The Hall–Kier alpha value is -2.61. The fraction of sp³-hybridized carbons (Fsp3) is 0.471. The largest absolute Gasteiger partial charge is 0.480 e. The molecule has 130 valence electrons. The first-order chi connectivity index (χ1) is 12.2. The molecule has 8 heteroatoms. The van der Waals surface area contributed by atoms with E-state index in [1.807, 2.05) is 17.5 Å². The van der Waals surface area contributed by atoms with Crippen LogP contribution in [-0.2, 0) is 6.54 Å². The molecule has 0 saturated carbocycles. The van der Waals surface area contributed by atoms with Crippen LogP contribution in [0.5, 0.6) is 5.88 Å². The summed E-state index contributed by atoms with van der Waals surface area (Å²) in [6, 6.07) is 3.69. The van der Waals surface area contributed by atoms with Crippen LogP contribution in [0.15, 0.2) is 24.5 Å². The van der Waals surface area contributed by atoms with Crippen LogP contribution < -0.4 is 4.74 Å². The van der Waals surface area contributed by atoms with Crippen molar-refractivity contribution in [3.8, 4) is 5.88 Å². The van der Waals surface area contributed by atoms with Gasteiger partial charge in [0, 0.05) is 30.9 Å². The highest BCUT2D eigenvalue weighted by molar-refractivity contribution is 5.38. The predicted molar refractivity (Wildman–Crippen MR) is 91.4 cm³/mol. The van der Waals surface area contributed by atoms with Crippen molar-refractivity contribution in [2.24, 2.45) is 0 Å². The van der Waals surface area contributed by atoms with Gasteiger partial charge in [-0.25, -0.2) is 0 Å². The van der Waals surface area contributed by atoms with E-state index in [-0.39, 0.29) is 0 Å². The molecule has 8 nitrogen and oxygen atoms in total. The molecule has 0 aliphatic carbocycles. The topological polar surface area (TPSA) is 81.3 Å². The van der Waals surface area contributed by atoms with E-state index in [0.29, 0.717) is 11.8 Å². The third-order valence-electron chi connectivity index (χ3n) is 4.78. The van der Waals surface area contributed by atoms with Crippen molar-refractivity contribution in [3.05, 3.63) is 41.7 Å². The van der Waals surface area contributed by atoms with Gasteiger partial charge in [0.15, 0.2) is 11.5 Å². The summed E-state index contributed by atoms with van der Waals surface area (Å²) < 4.78 is 7.03. The SMILES string of the molecule is COc1ccc2nnc(C3CCN(Cc4nccnc4C)CC3)n2n1. The number of aromatic nitrogens is 6. The van der Waals surface area contributed by atoms with E-state index >= 15 is 0 Å². The van der Waals surface area contributed by atoms with Gasteiger partial charge in [-0.2, -0.15) is 4.52 Å². The second kappa shape index (κ2) is 6.72. The monoisotopic (exact) mass is 339 g/mol. The Balaban J connectivity index is 1.46. The Morgan fingerprint density at radius 2 is 1.92 bits per heavy atom. The van der Waals surface area contributed by atoms with Crippen LogP contribution in [0.3, 0.4) is 0 Å². The number of fused-ring (bicyclic) bond motifs is 1. The number of hydrogen-bond acceptors (Lipinski definition) is 7. The minimum atomic E-state index is 0.355. The van der Waals surface area contributed by atoms with Crippen LogP contribution in [-0.4, -0.2) is 54.9 Å². The highest BCUT2D eigenvalue weighted by atomic mass is 16.5. The minimum absolute atomic E-state index is 0.355. The van der Waals surface area contributed by atoms with Gasteiger partial charge in [-0.05, 0) is 38.9 Å². The van der Waals surface area contributed by atoms with Gasteiger partial charge in [0.05, 0.1) is 18.5 Å². The number of methoxy groups -OCH3 is 1. The molecule has 25 heavy (non-hydrogen) atoms. The second-order valence-corrected chi connectivity index (χ2v) is 6.34. The maximum absolute atomic E-state index is 5.22. The number of aryl methyl sites for hydroxylation is 1. The smallest absolute Gasteiger partial charge is 0.231 e. The highest BCUT2D eigenvalue weighted by Crippen LogP contribution is 2.27. The van der Waals surface area contributed by atoms with Crippen LogP contribution in [0.2, 0.25) is 0 Å². The Kier molecular flexibility index (Phi) is 4.27. The zero-order valence-corrected chi connectivity index (χ0v) is 14.5. The zero-order valence-electron chi connectivity index (χ0n) is 14.5. The summed E-state index contributed by atoms with van der Waals surface area (Å²) >= 11 is 0. The van der Waals surface area contributed by atoms with E-state index in [9.17, 15) is 0 Å². The molecule has 3 aromatic rings. The zero-order chi connectivity index (χ0) is 17.2. The van der Waals surface area contributed by atoms with Crippen molar-refractivity contribution in [2.75, 3.05) is 20.2 Å². The first-order valence-corrected chi connectivity index (χ1v) is 8.50. The van der Waals surface area contributed by atoms with Gasteiger partial charge in [-0.1, -0.05) is 0 Å². The lowest BCUT2D eigenvalue weighted by molar-refractivity contribution is 0.198. The van der Waals surface area contributed by atoms with Crippen molar-refractivity contribution >= 4 is 5.65 Å². The maximum Gasteiger partial charge on any atom is 0.231 e. The number of piperidine rings is 1. The molecule has 0 bridgehead atoms. The van der Waals surface area contributed by atoms with E-state index in [1.165, 1.54) is 0 Å². The van der Waals surface area contributed by atoms with Gasteiger partial charge in [0.1, 0.15) is 0 Å². The Morgan fingerprint density at radius 3 is 2.68 bits per heavy atom. The molecule has 0 radical (unpaired) electrons. The normalized spacial score (nSPS) is 16.4. The van der Waals surface area contributed by atoms with E-state index < -0.39 is 0 Å². The van der Waals surface area contributed by atoms with E-state index in [1.54, 1.807) is 25.6 Å². The molecule has 1 fully saturated rings. The predicted octanol–water partition coefficient (Wildman–Crippen LogP) is 1.61. The van der Waals surface area contributed by atoms with Gasteiger partial charge in [0.25, 0.3) is 0 Å². The Labute approximate surface area is 145 Å². The summed E-state index contributed by atoms with van der Waals surface area (Å²) in [6.07, 6.45) is 5.55. The quantitative estimate of drug-likeness (QED) is 0.714. The molecule has 1 aliphatic rings. The highest BCUT2D eigenvalue weighted by Gasteiger charge is 2.25. The van der Waals surface area contributed by atoms with E-state index in [2.05, 4.69) is 30.2 Å². The van der Waals surface area contributed by atoms with Crippen molar-refractivity contribution in [1.29, 1.82) is 0 Å². The van der Waals surface area contributed by atoms with Crippen LogP contribution in [0.25, 0.3) is 5.65 Å². The van der Waals surface area contributed by atoms with Crippen LogP contribution >= 0.6 is 0 Å². The molecule has 0 amide bonds. The number of likely N-dealkylation sites (tertiary alicyclic amines) is 1. The summed E-state index contributed by atoms with van der Waals surface area (Å²) in [6.45, 7) is 4.86. The maximum atomic E-state index is 5.22. The molecule has 4 heterocycles. The molecule has 0 atom stereocenters. The molecule has 0 N–H and O–H groups in total. The first kappa shape index (κ1) is 15.9. The molecule has 4 rings (SSSR count). The fourth-order valence-electron chi connectivity index (χ4n) is 3.30. The molecule has 1 saturated heterocycles. The summed E-state index contributed by atoms with van der Waals surface area (Å²) in [5.41, 5.74) is 2.82. The molecule has 1 aliphatic heterocycles. The molecular weight excluding hydrogens is 318 g/mol. The lowest BCUT2D eigenvalue weighted by Crippen LogP contribution is -2.33. The summed E-state index contributed by atoms with van der Waals surface area (Å²) in [7, 11) is 1.62. The summed E-state index contributed by atoms with van der Waals surface area (Å²) in [5, 5.41) is 13.1. The minimum Gasteiger partial charge on any atom is -0.480 e. The molecular formula is C17H21N7O. The molecule has 0 aromatic carbocycles. The van der Waals surface area contributed by atoms with Crippen LogP contribution in [0.4, 0.5) is 0 Å². The number of nitrogens with zero attached hydrogens (tertiary/aromatic N) is 7. The Bertz CT molecular complexity index is 870. The van der Waals surface area contributed by atoms with E-state index in [4.69, 9.17) is 4.74 Å². The first-order valence-electron chi connectivity index (χ1n) is 8.50.